The molecule has 5 rings (SSSR count). The summed E-state index contributed by atoms with van der Waals surface area (Å²) in [4.78, 5) is 4.06. The highest BCUT2D eigenvalue weighted by Crippen LogP contribution is 2.39. The summed E-state index contributed by atoms with van der Waals surface area (Å²) in [5, 5.41) is 17.7. The maximum absolute atomic E-state index is 14.8. The molecule has 2 heterocycles. The van der Waals surface area contributed by atoms with Crippen molar-refractivity contribution in [3.63, 3.8) is 0 Å². The number of benzene rings is 2. The average Bonchev–Trinajstić information content (AvgIpc) is 3.50. The molecule has 1 N–H and O–H groups in total. The van der Waals surface area contributed by atoms with Crippen molar-refractivity contribution in [2.45, 2.75) is 25.6 Å². The van der Waals surface area contributed by atoms with Gasteiger partial charge in [-0.25, -0.2) is 4.39 Å². The fourth-order valence-electron chi connectivity index (χ4n) is 3.31. The predicted octanol–water partition coefficient (Wildman–Crippen LogP) is 5.41. The van der Waals surface area contributed by atoms with E-state index in [0.29, 0.717) is 22.8 Å². The highest BCUT2D eigenvalue weighted by atomic mass is 35.5. The molecule has 1 aliphatic rings. The van der Waals surface area contributed by atoms with Crippen LogP contribution in [0.2, 0.25) is 5.02 Å². The minimum atomic E-state index is -0.449. The van der Waals surface area contributed by atoms with Gasteiger partial charge in [-0.15, -0.1) is 0 Å². The lowest BCUT2D eigenvalue weighted by Crippen LogP contribution is -2.01. The number of aromatic nitrogens is 3. The van der Waals surface area contributed by atoms with Crippen LogP contribution in [-0.4, -0.2) is 21.3 Å². The maximum atomic E-state index is 14.8. The first-order chi connectivity index (χ1) is 15.1. The van der Waals surface area contributed by atoms with Gasteiger partial charge in [0, 0.05) is 28.8 Å². The minimum absolute atomic E-state index is 0.124. The standard InChI is InChI=1S/C23H16ClFN4O2/c24-19-9-23(30-12-22-16-5-6-27-11-21(16)28-29-22)18(7-13(19)10-26)17-8-15(3-4-20(17)25)31-14-1-2-14/h3-9,11,14H,1-2,12H2,(H,28,29). The molecule has 4 aromatic rings. The molecule has 1 fully saturated rings. The van der Waals surface area contributed by atoms with E-state index in [4.69, 9.17) is 21.1 Å². The van der Waals surface area contributed by atoms with Crippen LogP contribution in [0.4, 0.5) is 4.39 Å². The monoisotopic (exact) mass is 434 g/mol. The molecular formula is C23H16ClFN4O2. The highest BCUT2D eigenvalue weighted by Gasteiger charge is 2.24. The van der Waals surface area contributed by atoms with Crippen molar-refractivity contribution in [1.29, 1.82) is 5.26 Å². The van der Waals surface area contributed by atoms with E-state index in [1.165, 1.54) is 18.2 Å². The summed E-state index contributed by atoms with van der Waals surface area (Å²) in [5.41, 5.74) is 2.39. The molecular weight excluding hydrogens is 419 g/mol. The summed E-state index contributed by atoms with van der Waals surface area (Å²) in [6.07, 6.45) is 5.51. The lowest BCUT2D eigenvalue weighted by Gasteiger charge is -2.14. The molecule has 2 aromatic heterocycles. The van der Waals surface area contributed by atoms with Crippen molar-refractivity contribution < 1.29 is 13.9 Å². The zero-order valence-electron chi connectivity index (χ0n) is 16.2. The Kier molecular flexibility index (Phi) is 4.92. The number of pyridine rings is 1. The summed E-state index contributed by atoms with van der Waals surface area (Å²) in [7, 11) is 0. The molecule has 1 saturated carbocycles. The SMILES string of the molecule is N#Cc1cc(-c2cc(OC3CC3)ccc2F)c(OCc2n[nH]c3cnccc23)cc1Cl. The van der Waals surface area contributed by atoms with Gasteiger partial charge in [-0.05, 0) is 43.2 Å². The lowest BCUT2D eigenvalue weighted by atomic mass is 10.0. The molecule has 154 valence electrons. The Balaban J connectivity index is 1.53. The Hall–Kier alpha value is -3.63. The summed E-state index contributed by atoms with van der Waals surface area (Å²) in [6, 6.07) is 11.5. The van der Waals surface area contributed by atoms with Crippen LogP contribution in [0.15, 0.2) is 48.8 Å². The fraction of sp³-hybridized carbons (Fsp3) is 0.174. The van der Waals surface area contributed by atoms with Gasteiger partial charge in [-0.1, -0.05) is 11.6 Å². The summed E-state index contributed by atoms with van der Waals surface area (Å²) >= 11 is 6.24. The van der Waals surface area contributed by atoms with E-state index in [-0.39, 0.29) is 28.9 Å². The molecule has 0 atom stereocenters. The summed E-state index contributed by atoms with van der Waals surface area (Å²) < 4.78 is 26.6. The number of hydrogen-bond donors (Lipinski definition) is 1. The number of nitrogens with zero attached hydrogens (tertiary/aromatic N) is 3. The molecule has 0 spiro atoms. The van der Waals surface area contributed by atoms with E-state index in [1.54, 1.807) is 24.5 Å². The Bertz CT molecular complexity index is 1330. The van der Waals surface area contributed by atoms with Gasteiger partial charge in [0.25, 0.3) is 0 Å². The third-order valence-corrected chi connectivity index (χ3v) is 5.37. The number of rotatable bonds is 6. The van der Waals surface area contributed by atoms with Gasteiger partial charge >= 0.3 is 0 Å². The van der Waals surface area contributed by atoms with Crippen molar-refractivity contribution in [3.8, 4) is 28.7 Å². The number of aromatic amines is 1. The van der Waals surface area contributed by atoms with E-state index in [9.17, 15) is 9.65 Å². The second-order valence-corrected chi connectivity index (χ2v) is 7.69. The van der Waals surface area contributed by atoms with Crippen molar-refractivity contribution in [2.75, 3.05) is 0 Å². The molecule has 0 radical (unpaired) electrons. The number of fused-ring (bicyclic) bond motifs is 1. The first kappa shape index (κ1) is 19.3. The molecule has 0 amide bonds. The van der Waals surface area contributed by atoms with Crippen LogP contribution in [-0.2, 0) is 6.61 Å². The first-order valence-electron chi connectivity index (χ1n) is 9.72. The Morgan fingerprint density at radius 3 is 2.87 bits per heavy atom. The van der Waals surface area contributed by atoms with E-state index in [1.807, 2.05) is 12.1 Å². The van der Waals surface area contributed by atoms with Crippen LogP contribution in [0.1, 0.15) is 24.1 Å². The van der Waals surface area contributed by atoms with E-state index in [2.05, 4.69) is 15.2 Å². The molecule has 0 unspecified atom stereocenters. The number of nitrogens with one attached hydrogen (secondary N) is 1. The van der Waals surface area contributed by atoms with Crippen LogP contribution in [0, 0.1) is 17.1 Å². The van der Waals surface area contributed by atoms with Gasteiger partial charge in [0.2, 0.25) is 0 Å². The Morgan fingerprint density at radius 1 is 1.19 bits per heavy atom. The zero-order chi connectivity index (χ0) is 21.4. The second-order valence-electron chi connectivity index (χ2n) is 7.28. The normalized spacial score (nSPS) is 13.2. The lowest BCUT2D eigenvalue weighted by molar-refractivity contribution is 0.302. The molecule has 0 saturated heterocycles. The number of ether oxygens (including phenoxy) is 2. The molecule has 0 aliphatic heterocycles. The zero-order valence-corrected chi connectivity index (χ0v) is 17.0. The quantitative estimate of drug-likeness (QED) is 0.438. The molecule has 6 nitrogen and oxygen atoms in total. The Labute approximate surface area is 182 Å². The van der Waals surface area contributed by atoms with Gasteiger partial charge < -0.3 is 9.47 Å². The second kappa shape index (κ2) is 7.89. The largest absolute Gasteiger partial charge is 0.490 e. The first-order valence-corrected chi connectivity index (χ1v) is 10.1. The topological polar surface area (TPSA) is 83.8 Å². The van der Waals surface area contributed by atoms with E-state index >= 15 is 0 Å². The summed E-state index contributed by atoms with van der Waals surface area (Å²) in [5.74, 6) is 0.469. The Morgan fingerprint density at radius 2 is 2.06 bits per heavy atom. The number of hydrogen-bond acceptors (Lipinski definition) is 5. The number of H-pyrrole nitrogens is 1. The van der Waals surface area contributed by atoms with Gasteiger partial charge in [0.1, 0.15) is 35.7 Å². The number of nitriles is 1. The molecule has 1 aliphatic carbocycles. The van der Waals surface area contributed by atoms with E-state index < -0.39 is 5.82 Å². The van der Waals surface area contributed by atoms with Crippen molar-refractivity contribution in [3.05, 3.63) is 70.9 Å². The van der Waals surface area contributed by atoms with Crippen molar-refractivity contribution >= 4 is 22.5 Å². The minimum Gasteiger partial charge on any atom is -0.490 e. The van der Waals surface area contributed by atoms with Crippen molar-refractivity contribution in [1.82, 2.24) is 15.2 Å². The van der Waals surface area contributed by atoms with Crippen LogP contribution in [0.3, 0.4) is 0 Å². The van der Waals surface area contributed by atoms with Gasteiger partial charge in [0.15, 0.2) is 0 Å². The third-order valence-electron chi connectivity index (χ3n) is 5.05. The van der Waals surface area contributed by atoms with Gasteiger partial charge in [-0.3, -0.25) is 10.1 Å². The average molecular weight is 435 g/mol. The maximum Gasteiger partial charge on any atom is 0.133 e. The molecule has 8 heteroatoms. The van der Waals surface area contributed by atoms with Crippen molar-refractivity contribution in [2.24, 2.45) is 0 Å². The fourth-order valence-corrected chi connectivity index (χ4v) is 3.51. The highest BCUT2D eigenvalue weighted by molar-refractivity contribution is 6.32. The number of halogens is 2. The molecule has 0 bridgehead atoms. The van der Waals surface area contributed by atoms with Gasteiger partial charge in [-0.2, -0.15) is 10.4 Å². The molecule has 2 aromatic carbocycles. The van der Waals surface area contributed by atoms with Crippen LogP contribution < -0.4 is 9.47 Å². The predicted molar refractivity (Wildman–Crippen MR) is 113 cm³/mol. The third kappa shape index (κ3) is 3.90. The molecule has 31 heavy (non-hydrogen) atoms. The van der Waals surface area contributed by atoms with Crippen LogP contribution >= 0.6 is 11.6 Å². The summed E-state index contributed by atoms with van der Waals surface area (Å²) in [6.45, 7) is 0.124. The smallest absolute Gasteiger partial charge is 0.133 e. The van der Waals surface area contributed by atoms with Gasteiger partial charge in [0.05, 0.1) is 28.4 Å². The van der Waals surface area contributed by atoms with E-state index in [0.717, 1.165) is 23.7 Å². The van der Waals surface area contributed by atoms with Crippen LogP contribution in [0.5, 0.6) is 11.5 Å². The van der Waals surface area contributed by atoms with Crippen LogP contribution in [0.25, 0.3) is 22.0 Å².